The van der Waals surface area contributed by atoms with Crippen LogP contribution in [0, 0.1) is 17.0 Å². The van der Waals surface area contributed by atoms with E-state index < -0.39 is 4.92 Å². The molecule has 0 saturated carbocycles. The molecule has 0 N–H and O–H groups in total. The lowest BCUT2D eigenvalue weighted by atomic mass is 10.1. The van der Waals surface area contributed by atoms with Crippen LogP contribution < -0.4 is 0 Å². The van der Waals surface area contributed by atoms with Crippen molar-refractivity contribution in [2.45, 2.75) is 11.8 Å². The predicted molar refractivity (Wildman–Crippen MR) is 62.7 cm³/mol. The molecule has 2 aromatic rings. The van der Waals surface area contributed by atoms with E-state index in [4.69, 9.17) is 0 Å². The monoisotopic (exact) mass is 235 g/mol. The fraction of sp³-hybridized carbons (Fsp3) is 0.200. The minimum absolute atomic E-state index is 0.187. The lowest BCUT2D eigenvalue weighted by molar-refractivity contribution is -0.388. The van der Waals surface area contributed by atoms with Crippen LogP contribution in [0.5, 0.6) is 0 Å². The highest BCUT2D eigenvalue weighted by atomic mass is 32.2. The van der Waals surface area contributed by atoms with E-state index in [-0.39, 0.29) is 5.82 Å². The molecule has 0 atom stereocenters. The second kappa shape index (κ2) is 4.05. The molecule has 1 heterocycles. The average molecular weight is 235 g/mol. The van der Waals surface area contributed by atoms with Gasteiger partial charge in [-0.05, 0) is 40.9 Å². The van der Waals surface area contributed by atoms with Crippen molar-refractivity contribution in [3.63, 3.8) is 0 Å². The summed E-state index contributed by atoms with van der Waals surface area (Å²) < 4.78 is 0. The molecule has 1 aromatic carbocycles. The summed E-state index contributed by atoms with van der Waals surface area (Å²) in [4.78, 5) is 11.3. The largest absolute Gasteiger partial charge is 0.398 e. The standard InChI is InChI=1S/C10H9N3O2S/c1-6-3-7-5-11-12-10(13(14)15)8(7)4-9(6)16-2/h3-5H,1-2H3. The van der Waals surface area contributed by atoms with E-state index in [0.717, 1.165) is 15.8 Å². The lowest BCUT2D eigenvalue weighted by Gasteiger charge is -2.04. The van der Waals surface area contributed by atoms with Gasteiger partial charge in [-0.3, -0.25) is 0 Å². The normalized spacial score (nSPS) is 10.6. The molecule has 0 fully saturated rings. The zero-order chi connectivity index (χ0) is 11.7. The zero-order valence-electron chi connectivity index (χ0n) is 8.80. The number of nitrogens with zero attached hydrogens (tertiary/aromatic N) is 3. The molecule has 0 unspecified atom stereocenters. The highest BCUT2D eigenvalue weighted by molar-refractivity contribution is 7.98. The Morgan fingerprint density at radius 3 is 2.81 bits per heavy atom. The van der Waals surface area contributed by atoms with Crippen LogP contribution in [0.25, 0.3) is 10.8 Å². The van der Waals surface area contributed by atoms with E-state index in [1.807, 2.05) is 19.2 Å². The molecule has 0 spiro atoms. The Bertz CT molecular complexity index is 571. The molecule has 6 heteroatoms. The molecule has 0 aliphatic carbocycles. The number of fused-ring (bicyclic) bond motifs is 1. The van der Waals surface area contributed by atoms with Gasteiger partial charge in [0.1, 0.15) is 0 Å². The van der Waals surface area contributed by atoms with Crippen molar-refractivity contribution in [1.29, 1.82) is 0 Å². The van der Waals surface area contributed by atoms with Gasteiger partial charge in [0, 0.05) is 10.3 Å². The van der Waals surface area contributed by atoms with Crippen molar-refractivity contribution < 1.29 is 4.92 Å². The topological polar surface area (TPSA) is 68.9 Å². The molecule has 0 aliphatic rings. The van der Waals surface area contributed by atoms with Crippen LogP contribution in [0.15, 0.2) is 23.2 Å². The zero-order valence-corrected chi connectivity index (χ0v) is 9.61. The van der Waals surface area contributed by atoms with Gasteiger partial charge in [0.05, 0.1) is 16.7 Å². The van der Waals surface area contributed by atoms with E-state index in [1.165, 1.54) is 0 Å². The van der Waals surface area contributed by atoms with E-state index in [9.17, 15) is 10.1 Å². The second-order valence-corrected chi connectivity index (χ2v) is 4.18. The van der Waals surface area contributed by atoms with Crippen molar-refractivity contribution >= 4 is 28.4 Å². The number of rotatable bonds is 2. The van der Waals surface area contributed by atoms with Crippen LogP contribution in [-0.2, 0) is 0 Å². The molecule has 5 nitrogen and oxygen atoms in total. The molecule has 1 aromatic heterocycles. The quantitative estimate of drug-likeness (QED) is 0.454. The molecule has 0 bridgehead atoms. The summed E-state index contributed by atoms with van der Waals surface area (Å²) in [7, 11) is 0. The summed E-state index contributed by atoms with van der Waals surface area (Å²) in [6.45, 7) is 1.97. The molecule has 0 radical (unpaired) electrons. The summed E-state index contributed by atoms with van der Waals surface area (Å²) in [5.74, 6) is -0.187. The van der Waals surface area contributed by atoms with Crippen LogP contribution in [-0.4, -0.2) is 21.4 Å². The number of nitro groups is 1. The van der Waals surface area contributed by atoms with Gasteiger partial charge in [-0.25, -0.2) is 0 Å². The van der Waals surface area contributed by atoms with Gasteiger partial charge >= 0.3 is 5.82 Å². The number of benzene rings is 1. The van der Waals surface area contributed by atoms with Crippen LogP contribution in [0.2, 0.25) is 0 Å². The van der Waals surface area contributed by atoms with E-state index in [2.05, 4.69) is 10.2 Å². The first-order valence-corrected chi connectivity index (χ1v) is 5.80. The fourth-order valence-electron chi connectivity index (χ4n) is 1.57. The van der Waals surface area contributed by atoms with Gasteiger partial charge in [-0.1, -0.05) is 0 Å². The highest BCUT2D eigenvalue weighted by Gasteiger charge is 2.15. The van der Waals surface area contributed by atoms with Gasteiger partial charge in [0.15, 0.2) is 0 Å². The van der Waals surface area contributed by atoms with E-state index in [0.29, 0.717) is 5.39 Å². The molecule has 0 amide bonds. The molecule has 0 aliphatic heterocycles. The Kier molecular flexibility index (Phi) is 2.74. The van der Waals surface area contributed by atoms with Crippen LogP contribution in [0.4, 0.5) is 5.82 Å². The van der Waals surface area contributed by atoms with E-state index in [1.54, 1.807) is 24.0 Å². The summed E-state index contributed by atoms with van der Waals surface area (Å²) in [6, 6.07) is 3.69. The molecule has 0 saturated heterocycles. The van der Waals surface area contributed by atoms with Gasteiger partial charge in [-0.15, -0.1) is 11.8 Å². The van der Waals surface area contributed by atoms with Crippen molar-refractivity contribution in [3.05, 3.63) is 34.0 Å². The minimum Gasteiger partial charge on any atom is -0.358 e. The third kappa shape index (κ3) is 1.71. The van der Waals surface area contributed by atoms with Gasteiger partial charge in [-0.2, -0.15) is 0 Å². The molecule has 2 rings (SSSR count). The predicted octanol–water partition coefficient (Wildman–Crippen LogP) is 2.57. The number of thioether (sulfide) groups is 1. The van der Waals surface area contributed by atoms with Crippen molar-refractivity contribution in [2.75, 3.05) is 6.26 Å². The van der Waals surface area contributed by atoms with Crippen molar-refractivity contribution in [3.8, 4) is 0 Å². The van der Waals surface area contributed by atoms with Crippen molar-refractivity contribution in [1.82, 2.24) is 10.2 Å². The maximum absolute atomic E-state index is 10.8. The maximum atomic E-state index is 10.8. The third-order valence-corrected chi connectivity index (χ3v) is 3.21. The first kappa shape index (κ1) is 10.8. The van der Waals surface area contributed by atoms with Crippen LogP contribution in [0.3, 0.4) is 0 Å². The third-order valence-electron chi connectivity index (χ3n) is 2.33. The lowest BCUT2D eigenvalue weighted by Crippen LogP contribution is -1.96. The Balaban J connectivity index is 2.81. The van der Waals surface area contributed by atoms with Crippen LogP contribution in [0.1, 0.15) is 5.56 Å². The average Bonchev–Trinajstić information content (AvgIpc) is 2.26. The summed E-state index contributed by atoms with van der Waals surface area (Å²) in [5.41, 5.74) is 1.09. The molecular weight excluding hydrogens is 226 g/mol. The first-order valence-electron chi connectivity index (χ1n) is 4.58. The number of hydrogen-bond acceptors (Lipinski definition) is 5. The Morgan fingerprint density at radius 1 is 1.44 bits per heavy atom. The minimum atomic E-state index is -0.505. The number of hydrogen-bond donors (Lipinski definition) is 0. The summed E-state index contributed by atoms with van der Waals surface area (Å²) >= 11 is 1.56. The first-order chi connectivity index (χ1) is 7.63. The number of aryl methyl sites for hydroxylation is 1. The highest BCUT2D eigenvalue weighted by Crippen LogP contribution is 2.29. The number of aromatic nitrogens is 2. The molecule has 16 heavy (non-hydrogen) atoms. The summed E-state index contributed by atoms with van der Waals surface area (Å²) in [5, 5.41) is 19.3. The van der Waals surface area contributed by atoms with Gasteiger partial charge < -0.3 is 10.1 Å². The van der Waals surface area contributed by atoms with Gasteiger partial charge in [0.2, 0.25) is 0 Å². The smallest absolute Gasteiger partial charge is 0.358 e. The van der Waals surface area contributed by atoms with Gasteiger partial charge in [0.25, 0.3) is 0 Å². The second-order valence-electron chi connectivity index (χ2n) is 3.33. The molecular formula is C10H9N3O2S. The SMILES string of the molecule is CSc1cc2c([N+](=O)[O-])nncc2cc1C. The summed E-state index contributed by atoms with van der Waals surface area (Å²) in [6.07, 6.45) is 3.48. The van der Waals surface area contributed by atoms with Crippen LogP contribution >= 0.6 is 11.8 Å². The Labute approximate surface area is 96.0 Å². The fourth-order valence-corrected chi connectivity index (χ4v) is 2.18. The molecule has 82 valence electrons. The Morgan fingerprint density at radius 2 is 2.19 bits per heavy atom. The van der Waals surface area contributed by atoms with E-state index >= 15 is 0 Å². The van der Waals surface area contributed by atoms with Crippen molar-refractivity contribution in [2.24, 2.45) is 0 Å². The Hall–Kier alpha value is -1.69. The maximum Gasteiger partial charge on any atom is 0.398 e.